The van der Waals surface area contributed by atoms with Crippen LogP contribution in [0.3, 0.4) is 0 Å². The molecule has 2 heterocycles. The summed E-state index contributed by atoms with van der Waals surface area (Å²) in [6.45, 7) is 0. The number of hydrogen-bond acceptors (Lipinski definition) is 5. The monoisotopic (exact) mass is 303 g/mol. The highest BCUT2D eigenvalue weighted by molar-refractivity contribution is 7.98. The Labute approximate surface area is 125 Å². The molecule has 0 aliphatic carbocycles. The number of thioether (sulfide) groups is 1. The van der Waals surface area contributed by atoms with E-state index >= 15 is 0 Å². The van der Waals surface area contributed by atoms with E-state index in [0.717, 1.165) is 17.1 Å². The van der Waals surface area contributed by atoms with Crippen LogP contribution in [0.15, 0.2) is 58.6 Å². The molecular weight excluding hydrogens is 294 g/mol. The first-order valence-corrected chi connectivity index (χ1v) is 7.28. The molecule has 0 amide bonds. The molecule has 0 saturated heterocycles. The summed E-state index contributed by atoms with van der Waals surface area (Å²) in [5.41, 5.74) is 0.949. The Balaban J connectivity index is 1.69. The van der Waals surface area contributed by atoms with Crippen molar-refractivity contribution in [3.63, 3.8) is 0 Å². The lowest BCUT2D eigenvalue weighted by Crippen LogP contribution is -1.89. The third-order valence-electron chi connectivity index (χ3n) is 2.56. The standard InChI is InChI=1S/C14H10ClN3OS/c15-11-4-2-10(3-5-11)12-8-18-14(19-12)20-9-13-16-6-1-7-17-13/h1-8H,9H2. The predicted molar refractivity (Wildman–Crippen MR) is 78.5 cm³/mol. The zero-order chi connectivity index (χ0) is 13.8. The number of nitrogens with zero attached hydrogens (tertiary/aromatic N) is 3. The van der Waals surface area contributed by atoms with Gasteiger partial charge in [-0.2, -0.15) is 0 Å². The van der Waals surface area contributed by atoms with Crippen LogP contribution in [-0.4, -0.2) is 15.0 Å². The van der Waals surface area contributed by atoms with Crippen molar-refractivity contribution in [2.45, 2.75) is 11.0 Å². The third-order valence-corrected chi connectivity index (χ3v) is 3.65. The molecule has 0 unspecified atom stereocenters. The first kappa shape index (κ1) is 13.1. The minimum absolute atomic E-state index is 0.599. The third kappa shape index (κ3) is 3.18. The summed E-state index contributed by atoms with van der Waals surface area (Å²) in [5, 5.41) is 1.30. The molecule has 0 saturated carbocycles. The Hall–Kier alpha value is -1.85. The molecule has 0 fully saturated rings. The van der Waals surface area contributed by atoms with E-state index in [4.69, 9.17) is 16.0 Å². The average Bonchev–Trinajstić information content (AvgIpc) is 2.96. The molecule has 2 aromatic heterocycles. The highest BCUT2D eigenvalue weighted by atomic mass is 35.5. The fraction of sp³-hybridized carbons (Fsp3) is 0.0714. The SMILES string of the molecule is Clc1ccc(-c2cnc(SCc3ncccn3)o2)cc1. The van der Waals surface area contributed by atoms with Crippen molar-refractivity contribution in [1.29, 1.82) is 0 Å². The molecule has 20 heavy (non-hydrogen) atoms. The summed E-state index contributed by atoms with van der Waals surface area (Å²) in [5.74, 6) is 2.10. The van der Waals surface area contributed by atoms with Crippen molar-refractivity contribution in [3.8, 4) is 11.3 Å². The lowest BCUT2D eigenvalue weighted by atomic mass is 10.2. The van der Waals surface area contributed by atoms with E-state index in [9.17, 15) is 0 Å². The van der Waals surface area contributed by atoms with Crippen LogP contribution in [0.4, 0.5) is 0 Å². The van der Waals surface area contributed by atoms with Gasteiger partial charge in [0.1, 0.15) is 5.82 Å². The zero-order valence-electron chi connectivity index (χ0n) is 10.4. The van der Waals surface area contributed by atoms with E-state index in [1.165, 1.54) is 11.8 Å². The molecule has 0 aliphatic heterocycles. The Morgan fingerprint density at radius 3 is 2.55 bits per heavy atom. The summed E-state index contributed by atoms with van der Waals surface area (Å²) in [6, 6.07) is 9.24. The predicted octanol–water partition coefficient (Wildman–Crippen LogP) is 4.08. The van der Waals surface area contributed by atoms with Crippen LogP contribution in [0.1, 0.15) is 5.82 Å². The smallest absolute Gasteiger partial charge is 0.256 e. The number of halogens is 1. The molecule has 0 atom stereocenters. The number of hydrogen-bond donors (Lipinski definition) is 0. The zero-order valence-corrected chi connectivity index (χ0v) is 11.9. The number of aromatic nitrogens is 3. The Morgan fingerprint density at radius 2 is 1.80 bits per heavy atom. The van der Waals surface area contributed by atoms with Gasteiger partial charge in [0.25, 0.3) is 5.22 Å². The van der Waals surface area contributed by atoms with E-state index in [1.54, 1.807) is 24.7 Å². The average molecular weight is 304 g/mol. The van der Waals surface area contributed by atoms with Crippen LogP contribution in [0.25, 0.3) is 11.3 Å². The van der Waals surface area contributed by atoms with Gasteiger partial charge in [-0.1, -0.05) is 23.4 Å². The first-order chi connectivity index (χ1) is 9.81. The number of benzene rings is 1. The quantitative estimate of drug-likeness (QED) is 0.680. The summed E-state index contributed by atoms with van der Waals surface area (Å²) >= 11 is 7.32. The lowest BCUT2D eigenvalue weighted by molar-refractivity contribution is 0.466. The van der Waals surface area contributed by atoms with Crippen LogP contribution in [0.2, 0.25) is 5.02 Å². The van der Waals surface area contributed by atoms with Crippen LogP contribution < -0.4 is 0 Å². The van der Waals surface area contributed by atoms with Gasteiger partial charge in [0, 0.05) is 23.0 Å². The van der Waals surface area contributed by atoms with Crippen LogP contribution >= 0.6 is 23.4 Å². The van der Waals surface area contributed by atoms with Crippen molar-refractivity contribution < 1.29 is 4.42 Å². The van der Waals surface area contributed by atoms with Gasteiger partial charge in [-0.3, -0.25) is 0 Å². The Bertz CT molecular complexity index is 685. The van der Waals surface area contributed by atoms with Gasteiger partial charge in [-0.15, -0.1) is 0 Å². The van der Waals surface area contributed by atoms with Crippen molar-refractivity contribution in [2.75, 3.05) is 0 Å². The van der Waals surface area contributed by atoms with E-state index in [1.807, 2.05) is 24.3 Å². The number of oxazole rings is 1. The first-order valence-electron chi connectivity index (χ1n) is 5.92. The Kier molecular flexibility index (Phi) is 3.99. The minimum atomic E-state index is 0.599. The fourth-order valence-corrected chi connectivity index (χ4v) is 2.41. The molecule has 0 aliphatic rings. The van der Waals surface area contributed by atoms with E-state index in [2.05, 4.69) is 15.0 Å². The van der Waals surface area contributed by atoms with Gasteiger partial charge in [-0.25, -0.2) is 15.0 Å². The highest BCUT2D eigenvalue weighted by Gasteiger charge is 2.07. The summed E-state index contributed by atoms with van der Waals surface area (Å²) in [7, 11) is 0. The van der Waals surface area contributed by atoms with E-state index in [-0.39, 0.29) is 0 Å². The van der Waals surface area contributed by atoms with E-state index < -0.39 is 0 Å². The maximum absolute atomic E-state index is 5.86. The second-order valence-corrected chi connectivity index (χ2v) is 5.31. The second kappa shape index (κ2) is 6.07. The van der Waals surface area contributed by atoms with Crippen LogP contribution in [-0.2, 0) is 5.75 Å². The summed E-state index contributed by atoms with van der Waals surface area (Å²) in [6.07, 6.45) is 5.15. The largest absolute Gasteiger partial charge is 0.431 e. The van der Waals surface area contributed by atoms with Crippen molar-refractivity contribution in [1.82, 2.24) is 15.0 Å². The molecule has 0 radical (unpaired) electrons. The summed E-state index contributed by atoms with van der Waals surface area (Å²) < 4.78 is 5.68. The van der Waals surface area contributed by atoms with E-state index in [0.29, 0.717) is 16.0 Å². The topological polar surface area (TPSA) is 51.8 Å². The fourth-order valence-electron chi connectivity index (χ4n) is 1.60. The van der Waals surface area contributed by atoms with Gasteiger partial charge >= 0.3 is 0 Å². The molecule has 1 aromatic carbocycles. The molecule has 100 valence electrons. The van der Waals surface area contributed by atoms with Gasteiger partial charge in [-0.05, 0) is 30.3 Å². The molecule has 0 spiro atoms. The lowest BCUT2D eigenvalue weighted by Gasteiger charge is -1.97. The molecule has 3 aromatic rings. The van der Waals surface area contributed by atoms with Gasteiger partial charge < -0.3 is 4.42 Å². The highest BCUT2D eigenvalue weighted by Crippen LogP contribution is 2.27. The number of rotatable bonds is 4. The van der Waals surface area contributed by atoms with Crippen LogP contribution in [0, 0.1) is 0 Å². The molecular formula is C14H10ClN3OS. The maximum Gasteiger partial charge on any atom is 0.256 e. The molecule has 6 heteroatoms. The van der Waals surface area contributed by atoms with Crippen molar-refractivity contribution >= 4 is 23.4 Å². The Morgan fingerprint density at radius 1 is 1.05 bits per heavy atom. The minimum Gasteiger partial charge on any atom is -0.431 e. The van der Waals surface area contributed by atoms with Gasteiger partial charge in [0.15, 0.2) is 5.76 Å². The van der Waals surface area contributed by atoms with Gasteiger partial charge in [0.05, 0.1) is 11.9 Å². The molecule has 4 nitrogen and oxygen atoms in total. The summed E-state index contributed by atoms with van der Waals surface area (Å²) in [4.78, 5) is 12.5. The van der Waals surface area contributed by atoms with Gasteiger partial charge in [0.2, 0.25) is 0 Å². The van der Waals surface area contributed by atoms with Crippen LogP contribution in [0.5, 0.6) is 0 Å². The second-order valence-electron chi connectivity index (χ2n) is 3.95. The molecule has 3 rings (SSSR count). The molecule has 0 N–H and O–H groups in total. The maximum atomic E-state index is 5.86. The van der Waals surface area contributed by atoms with Crippen molar-refractivity contribution in [3.05, 3.63) is 59.8 Å². The van der Waals surface area contributed by atoms with Crippen molar-refractivity contribution in [2.24, 2.45) is 0 Å². The molecule has 0 bridgehead atoms. The normalized spacial score (nSPS) is 10.7.